The Morgan fingerprint density at radius 3 is 2.68 bits per heavy atom. The Kier molecular flexibility index (Phi) is 7.49. The van der Waals surface area contributed by atoms with E-state index >= 15 is 0 Å². The number of ether oxygens (including phenoxy) is 4. The number of nitrogens with zero attached hydrogens (tertiary/aromatic N) is 2. The summed E-state index contributed by atoms with van der Waals surface area (Å²) in [6.45, 7) is 2.05. The molecule has 178 valence electrons. The Morgan fingerprint density at radius 2 is 1.91 bits per heavy atom. The van der Waals surface area contributed by atoms with Gasteiger partial charge in [0, 0.05) is 23.7 Å². The van der Waals surface area contributed by atoms with Crippen LogP contribution in [0.3, 0.4) is 0 Å². The zero-order chi connectivity index (χ0) is 23.9. The predicted octanol–water partition coefficient (Wildman–Crippen LogP) is 3.27. The molecule has 4 rings (SSSR count). The van der Waals surface area contributed by atoms with E-state index in [9.17, 15) is 4.79 Å². The summed E-state index contributed by atoms with van der Waals surface area (Å²) < 4.78 is 23.0. The molecule has 8 heteroatoms. The minimum absolute atomic E-state index is 0.183. The number of amides is 1. The number of carbonyl (C=O) groups excluding carboxylic acids is 1. The number of methoxy groups -OCH3 is 1. The van der Waals surface area contributed by atoms with Crippen LogP contribution in [0.25, 0.3) is 11.3 Å². The highest BCUT2D eigenvalue weighted by Crippen LogP contribution is 2.40. The third-order valence-corrected chi connectivity index (χ3v) is 5.31. The topological polar surface area (TPSA) is 82.2 Å². The fourth-order valence-electron chi connectivity index (χ4n) is 3.47. The Bertz CT molecular complexity index is 1120. The standard InChI is InChI=1S/C26H29N3O5/c1-29(2)14-15-32-19-12-10-18(11-13-19)26(30)27-16-20-17-33-23-8-4-6-21(25(23)34-20)22-7-5-9-24(28-22)31-3/h4-13,20H,14-17H2,1-3H3,(H,27,30). The third kappa shape index (κ3) is 5.77. The minimum Gasteiger partial charge on any atom is -0.492 e. The monoisotopic (exact) mass is 463 g/mol. The van der Waals surface area contributed by atoms with E-state index in [0.717, 1.165) is 23.6 Å². The molecule has 1 aliphatic rings. The van der Waals surface area contributed by atoms with Crippen LogP contribution < -0.4 is 24.3 Å². The van der Waals surface area contributed by atoms with E-state index in [1.165, 1.54) is 0 Å². The van der Waals surface area contributed by atoms with E-state index in [4.69, 9.17) is 18.9 Å². The van der Waals surface area contributed by atoms with Crippen molar-refractivity contribution in [1.29, 1.82) is 0 Å². The van der Waals surface area contributed by atoms with Gasteiger partial charge in [0.25, 0.3) is 5.91 Å². The maximum Gasteiger partial charge on any atom is 0.251 e. The number of likely N-dealkylation sites (N-methyl/N-ethyl adjacent to an activating group) is 1. The van der Waals surface area contributed by atoms with Gasteiger partial charge in [-0.05, 0) is 56.6 Å². The fourth-order valence-corrected chi connectivity index (χ4v) is 3.47. The summed E-state index contributed by atoms with van der Waals surface area (Å²) in [7, 11) is 5.57. The Hall–Kier alpha value is -3.78. The van der Waals surface area contributed by atoms with Crippen molar-refractivity contribution in [3.63, 3.8) is 0 Å². The smallest absolute Gasteiger partial charge is 0.251 e. The number of rotatable bonds is 9. The van der Waals surface area contributed by atoms with Crippen LogP contribution in [0.4, 0.5) is 0 Å². The first-order valence-electron chi connectivity index (χ1n) is 11.1. The first-order chi connectivity index (χ1) is 16.5. The SMILES string of the molecule is COc1cccc(-c2cccc3c2OC(CNC(=O)c2ccc(OCCN(C)C)cc2)CO3)n1. The van der Waals surface area contributed by atoms with Crippen LogP contribution in [0.5, 0.6) is 23.1 Å². The van der Waals surface area contributed by atoms with Crippen LogP contribution in [0.2, 0.25) is 0 Å². The highest BCUT2D eigenvalue weighted by atomic mass is 16.6. The predicted molar refractivity (Wildman–Crippen MR) is 129 cm³/mol. The van der Waals surface area contributed by atoms with Crippen LogP contribution >= 0.6 is 0 Å². The largest absolute Gasteiger partial charge is 0.492 e. The fraction of sp³-hybridized carbons (Fsp3) is 0.308. The van der Waals surface area contributed by atoms with Crippen LogP contribution in [0.1, 0.15) is 10.4 Å². The molecule has 2 heterocycles. The second kappa shape index (κ2) is 10.9. The average Bonchev–Trinajstić information content (AvgIpc) is 2.87. The number of para-hydroxylation sites is 1. The van der Waals surface area contributed by atoms with Crippen molar-refractivity contribution in [3.05, 3.63) is 66.2 Å². The van der Waals surface area contributed by atoms with Crippen molar-refractivity contribution < 1.29 is 23.7 Å². The molecule has 0 saturated carbocycles. The number of benzene rings is 2. The zero-order valence-electron chi connectivity index (χ0n) is 19.6. The van der Waals surface area contributed by atoms with E-state index in [1.807, 2.05) is 49.3 Å². The summed E-state index contributed by atoms with van der Waals surface area (Å²) in [5, 5.41) is 2.93. The van der Waals surface area contributed by atoms with E-state index in [-0.39, 0.29) is 12.0 Å². The molecule has 3 aromatic rings. The normalized spacial score (nSPS) is 14.5. The highest BCUT2D eigenvalue weighted by molar-refractivity contribution is 5.94. The van der Waals surface area contributed by atoms with Crippen LogP contribution in [-0.4, -0.2) is 69.4 Å². The number of carbonyl (C=O) groups is 1. The summed E-state index contributed by atoms with van der Waals surface area (Å²) in [6, 6.07) is 18.3. The van der Waals surface area contributed by atoms with Crippen LogP contribution in [0, 0.1) is 0 Å². The van der Waals surface area contributed by atoms with Crippen molar-refractivity contribution in [3.8, 4) is 34.4 Å². The van der Waals surface area contributed by atoms with E-state index in [2.05, 4.69) is 10.3 Å². The molecular weight excluding hydrogens is 434 g/mol. The lowest BCUT2D eigenvalue weighted by Gasteiger charge is -2.28. The highest BCUT2D eigenvalue weighted by Gasteiger charge is 2.25. The summed E-state index contributed by atoms with van der Waals surface area (Å²) in [4.78, 5) is 19.2. The van der Waals surface area contributed by atoms with Gasteiger partial charge < -0.3 is 29.2 Å². The van der Waals surface area contributed by atoms with Gasteiger partial charge in [-0.3, -0.25) is 4.79 Å². The Morgan fingerprint density at radius 1 is 1.12 bits per heavy atom. The molecule has 0 radical (unpaired) electrons. The Labute approximate surface area is 199 Å². The third-order valence-electron chi connectivity index (χ3n) is 5.31. The molecule has 8 nitrogen and oxygen atoms in total. The molecule has 1 aromatic heterocycles. The molecular formula is C26H29N3O5. The van der Waals surface area contributed by atoms with Gasteiger partial charge in [-0.2, -0.15) is 0 Å². The van der Waals surface area contributed by atoms with Gasteiger partial charge in [0.2, 0.25) is 5.88 Å². The zero-order valence-corrected chi connectivity index (χ0v) is 19.6. The molecule has 1 N–H and O–H groups in total. The molecule has 1 aliphatic heterocycles. The number of aromatic nitrogens is 1. The molecule has 0 spiro atoms. The quantitative estimate of drug-likeness (QED) is 0.522. The second-order valence-electron chi connectivity index (χ2n) is 8.14. The van der Waals surface area contributed by atoms with Crippen molar-refractivity contribution in [2.75, 3.05) is 47.5 Å². The maximum absolute atomic E-state index is 12.6. The van der Waals surface area contributed by atoms with Crippen molar-refractivity contribution in [2.24, 2.45) is 0 Å². The number of fused-ring (bicyclic) bond motifs is 1. The lowest BCUT2D eigenvalue weighted by Crippen LogP contribution is -2.40. The molecule has 34 heavy (non-hydrogen) atoms. The van der Waals surface area contributed by atoms with Gasteiger partial charge in [-0.15, -0.1) is 0 Å². The minimum atomic E-state index is -0.336. The Balaban J connectivity index is 1.37. The molecule has 0 fully saturated rings. The van der Waals surface area contributed by atoms with Gasteiger partial charge >= 0.3 is 0 Å². The van der Waals surface area contributed by atoms with Gasteiger partial charge in [0.05, 0.1) is 19.3 Å². The summed E-state index contributed by atoms with van der Waals surface area (Å²) in [5.74, 6) is 2.32. The number of pyridine rings is 1. The van der Waals surface area contributed by atoms with E-state index < -0.39 is 0 Å². The lowest BCUT2D eigenvalue weighted by atomic mass is 10.1. The molecule has 1 unspecified atom stereocenters. The van der Waals surface area contributed by atoms with Gasteiger partial charge in [-0.25, -0.2) is 4.98 Å². The molecule has 2 aromatic carbocycles. The summed E-state index contributed by atoms with van der Waals surface area (Å²) in [6.07, 6.45) is -0.336. The first kappa shape index (κ1) is 23.4. The molecule has 1 atom stereocenters. The molecule has 1 amide bonds. The molecule has 0 bridgehead atoms. The maximum atomic E-state index is 12.6. The van der Waals surface area contributed by atoms with Gasteiger partial charge in [0.15, 0.2) is 11.5 Å². The van der Waals surface area contributed by atoms with Gasteiger partial charge in [0.1, 0.15) is 25.1 Å². The number of nitrogens with one attached hydrogen (secondary N) is 1. The van der Waals surface area contributed by atoms with Crippen molar-refractivity contribution in [1.82, 2.24) is 15.2 Å². The van der Waals surface area contributed by atoms with Crippen LogP contribution in [-0.2, 0) is 0 Å². The second-order valence-corrected chi connectivity index (χ2v) is 8.14. The summed E-state index contributed by atoms with van der Waals surface area (Å²) >= 11 is 0. The van der Waals surface area contributed by atoms with Gasteiger partial charge in [-0.1, -0.05) is 12.1 Å². The average molecular weight is 464 g/mol. The van der Waals surface area contributed by atoms with E-state index in [0.29, 0.717) is 42.7 Å². The lowest BCUT2D eigenvalue weighted by molar-refractivity contribution is 0.0793. The van der Waals surface area contributed by atoms with E-state index in [1.54, 1.807) is 37.4 Å². The number of hydrogen-bond donors (Lipinski definition) is 1. The molecule has 0 aliphatic carbocycles. The van der Waals surface area contributed by atoms with Crippen molar-refractivity contribution >= 4 is 5.91 Å². The molecule has 0 saturated heterocycles. The summed E-state index contributed by atoms with van der Waals surface area (Å²) in [5.41, 5.74) is 2.08. The first-order valence-corrected chi connectivity index (χ1v) is 11.1. The number of hydrogen-bond acceptors (Lipinski definition) is 7. The van der Waals surface area contributed by atoms with Crippen molar-refractivity contribution in [2.45, 2.75) is 6.10 Å². The van der Waals surface area contributed by atoms with Crippen LogP contribution in [0.15, 0.2) is 60.7 Å².